The topological polar surface area (TPSA) is 66.8 Å². The molecule has 2 aromatic carbocycles. The van der Waals surface area contributed by atoms with Crippen molar-refractivity contribution in [1.82, 2.24) is 0 Å². The minimum Gasteiger partial charge on any atom is -0.482 e. The maximum absolute atomic E-state index is 12.8. The standard InChI is InChI=1S/C18H11BrClNO4S2/c19-13-6-3-11(8-14(13)20)21-17(24)15(27-18(21)26)7-10-1-4-12(5-2-10)25-9-16(22)23/h1-8H,9H2,(H,22,23)/b15-7+. The molecule has 5 nitrogen and oxygen atoms in total. The van der Waals surface area contributed by atoms with Crippen molar-refractivity contribution in [2.45, 2.75) is 0 Å². The third-order valence-electron chi connectivity index (χ3n) is 3.50. The number of carboxylic acids is 1. The predicted octanol–water partition coefficient (Wildman–Crippen LogP) is 4.97. The number of thioether (sulfide) groups is 1. The molecule has 3 rings (SSSR count). The summed E-state index contributed by atoms with van der Waals surface area (Å²) in [6.07, 6.45) is 1.72. The Kier molecular flexibility index (Phi) is 6.21. The summed E-state index contributed by atoms with van der Waals surface area (Å²) in [4.78, 5) is 25.2. The van der Waals surface area contributed by atoms with Crippen molar-refractivity contribution in [2.75, 3.05) is 11.5 Å². The zero-order valence-corrected chi connectivity index (χ0v) is 17.5. The van der Waals surface area contributed by atoms with Gasteiger partial charge in [-0.25, -0.2) is 4.79 Å². The highest BCUT2D eigenvalue weighted by Gasteiger charge is 2.33. The number of ether oxygens (including phenoxy) is 1. The minimum absolute atomic E-state index is 0.227. The lowest BCUT2D eigenvalue weighted by Gasteiger charge is -2.15. The number of amides is 1. The fourth-order valence-electron chi connectivity index (χ4n) is 2.27. The van der Waals surface area contributed by atoms with Gasteiger partial charge in [0.05, 0.1) is 15.6 Å². The van der Waals surface area contributed by atoms with Gasteiger partial charge in [0.15, 0.2) is 10.9 Å². The molecule has 0 bridgehead atoms. The molecular formula is C18H11BrClNO4S2. The second kappa shape index (κ2) is 8.43. The summed E-state index contributed by atoms with van der Waals surface area (Å²) in [6, 6.07) is 12.0. The lowest BCUT2D eigenvalue weighted by atomic mass is 10.2. The number of thiocarbonyl (C=S) groups is 1. The molecule has 0 aliphatic carbocycles. The summed E-state index contributed by atoms with van der Waals surface area (Å²) in [6.45, 7) is -0.409. The van der Waals surface area contributed by atoms with E-state index >= 15 is 0 Å². The van der Waals surface area contributed by atoms with E-state index in [0.717, 1.165) is 10.0 Å². The number of carbonyl (C=O) groups is 2. The Bertz CT molecular complexity index is 962. The van der Waals surface area contributed by atoms with Crippen molar-refractivity contribution in [2.24, 2.45) is 0 Å². The van der Waals surface area contributed by atoms with E-state index in [1.807, 2.05) is 0 Å². The molecule has 1 amide bonds. The second-order valence-electron chi connectivity index (χ2n) is 5.37. The normalized spacial score (nSPS) is 15.5. The van der Waals surface area contributed by atoms with E-state index in [9.17, 15) is 9.59 Å². The van der Waals surface area contributed by atoms with Crippen LogP contribution in [0, 0.1) is 0 Å². The van der Waals surface area contributed by atoms with Crippen LogP contribution < -0.4 is 9.64 Å². The number of rotatable bonds is 5. The Balaban J connectivity index is 1.79. The molecule has 0 saturated carbocycles. The van der Waals surface area contributed by atoms with E-state index in [1.165, 1.54) is 16.7 Å². The van der Waals surface area contributed by atoms with Gasteiger partial charge >= 0.3 is 5.97 Å². The van der Waals surface area contributed by atoms with Crippen molar-refractivity contribution >= 4 is 79.5 Å². The third kappa shape index (κ3) is 4.70. The Morgan fingerprint density at radius 2 is 2.00 bits per heavy atom. The SMILES string of the molecule is O=C(O)COc1ccc(/C=C2/SC(=S)N(c3ccc(Br)c(Cl)c3)C2=O)cc1. The first-order valence-corrected chi connectivity index (χ1v) is 9.92. The Hall–Kier alpha value is -1.87. The van der Waals surface area contributed by atoms with E-state index in [4.69, 9.17) is 33.7 Å². The summed E-state index contributed by atoms with van der Waals surface area (Å²) in [5, 5.41) is 9.11. The minimum atomic E-state index is -1.05. The van der Waals surface area contributed by atoms with E-state index in [2.05, 4.69) is 15.9 Å². The molecule has 27 heavy (non-hydrogen) atoms. The van der Waals surface area contributed by atoms with Gasteiger partial charge in [0, 0.05) is 4.47 Å². The molecule has 0 atom stereocenters. The fraction of sp³-hybridized carbons (Fsp3) is 0.0556. The van der Waals surface area contributed by atoms with Gasteiger partial charge < -0.3 is 9.84 Å². The smallest absolute Gasteiger partial charge is 0.341 e. The van der Waals surface area contributed by atoms with Crippen molar-refractivity contribution in [3.05, 3.63) is 62.4 Å². The molecule has 1 aliphatic rings. The molecule has 1 N–H and O–H groups in total. The molecule has 138 valence electrons. The van der Waals surface area contributed by atoms with Crippen molar-refractivity contribution in [3.8, 4) is 5.75 Å². The van der Waals surface area contributed by atoms with Gasteiger partial charge in [-0.15, -0.1) is 0 Å². The molecule has 1 saturated heterocycles. The quantitative estimate of drug-likeness (QED) is 0.477. The summed E-state index contributed by atoms with van der Waals surface area (Å²) < 4.78 is 6.25. The van der Waals surface area contributed by atoms with Crippen LogP contribution >= 0.6 is 51.5 Å². The van der Waals surface area contributed by atoms with Crippen LogP contribution in [0.4, 0.5) is 5.69 Å². The summed E-state index contributed by atoms with van der Waals surface area (Å²) in [5.74, 6) is -0.836. The van der Waals surface area contributed by atoms with Gasteiger partial charge in [0.2, 0.25) is 0 Å². The van der Waals surface area contributed by atoms with E-state index in [1.54, 1.807) is 48.5 Å². The summed E-state index contributed by atoms with van der Waals surface area (Å²) in [5.41, 5.74) is 1.37. The van der Waals surface area contributed by atoms with Gasteiger partial charge in [0.1, 0.15) is 5.75 Å². The second-order valence-corrected chi connectivity index (χ2v) is 8.30. The number of anilines is 1. The van der Waals surface area contributed by atoms with Gasteiger partial charge in [-0.05, 0) is 57.9 Å². The Morgan fingerprint density at radius 3 is 2.63 bits per heavy atom. The van der Waals surface area contributed by atoms with Crippen LogP contribution in [-0.2, 0) is 9.59 Å². The summed E-state index contributed by atoms with van der Waals surface area (Å²) >= 11 is 16.0. The largest absolute Gasteiger partial charge is 0.482 e. The number of aliphatic carboxylic acids is 1. The van der Waals surface area contributed by atoms with Crippen LogP contribution in [0.3, 0.4) is 0 Å². The fourth-order valence-corrected chi connectivity index (χ4v) is 3.99. The van der Waals surface area contributed by atoms with Crippen LogP contribution in [0.2, 0.25) is 5.02 Å². The number of carboxylic acid groups (broad SMARTS) is 1. The van der Waals surface area contributed by atoms with Gasteiger partial charge in [-0.2, -0.15) is 0 Å². The van der Waals surface area contributed by atoms with E-state index in [-0.39, 0.29) is 5.91 Å². The van der Waals surface area contributed by atoms with E-state index in [0.29, 0.717) is 25.7 Å². The average Bonchev–Trinajstić information content (AvgIpc) is 2.90. The highest BCUT2D eigenvalue weighted by molar-refractivity contribution is 9.10. The van der Waals surface area contributed by atoms with E-state index < -0.39 is 12.6 Å². The maximum Gasteiger partial charge on any atom is 0.341 e. The van der Waals surface area contributed by atoms with Crippen molar-refractivity contribution in [1.29, 1.82) is 0 Å². The molecule has 9 heteroatoms. The lowest BCUT2D eigenvalue weighted by Crippen LogP contribution is -2.27. The van der Waals surface area contributed by atoms with Crippen LogP contribution in [0.15, 0.2) is 51.8 Å². The number of benzene rings is 2. The zero-order chi connectivity index (χ0) is 19.6. The van der Waals surface area contributed by atoms with Gasteiger partial charge in [-0.1, -0.05) is 47.7 Å². The van der Waals surface area contributed by atoms with Crippen LogP contribution in [0.1, 0.15) is 5.56 Å². The monoisotopic (exact) mass is 483 g/mol. The molecular weight excluding hydrogens is 474 g/mol. The number of halogens is 2. The molecule has 0 aromatic heterocycles. The molecule has 0 unspecified atom stereocenters. The first kappa shape index (κ1) is 19.9. The molecule has 0 radical (unpaired) electrons. The molecule has 1 fully saturated rings. The number of carbonyl (C=O) groups excluding carboxylic acids is 1. The van der Waals surface area contributed by atoms with Crippen molar-refractivity contribution in [3.63, 3.8) is 0 Å². The first-order valence-electron chi connectivity index (χ1n) is 7.53. The number of hydrogen-bond acceptors (Lipinski definition) is 5. The number of nitrogens with zero attached hydrogens (tertiary/aromatic N) is 1. The van der Waals surface area contributed by atoms with Crippen molar-refractivity contribution < 1.29 is 19.4 Å². The molecule has 0 spiro atoms. The third-order valence-corrected chi connectivity index (χ3v) is 6.03. The van der Waals surface area contributed by atoms with Gasteiger partial charge in [0.25, 0.3) is 5.91 Å². The first-order chi connectivity index (χ1) is 12.8. The molecule has 2 aromatic rings. The van der Waals surface area contributed by atoms with Gasteiger partial charge in [-0.3, -0.25) is 9.69 Å². The molecule has 1 aliphatic heterocycles. The van der Waals surface area contributed by atoms with Crippen LogP contribution in [0.25, 0.3) is 6.08 Å². The number of hydrogen-bond donors (Lipinski definition) is 1. The van der Waals surface area contributed by atoms with Crippen LogP contribution in [-0.4, -0.2) is 27.9 Å². The zero-order valence-electron chi connectivity index (χ0n) is 13.5. The van der Waals surface area contributed by atoms with Crippen LogP contribution in [0.5, 0.6) is 5.75 Å². The Labute approximate surface area is 178 Å². The highest BCUT2D eigenvalue weighted by atomic mass is 79.9. The average molecular weight is 485 g/mol. The highest BCUT2D eigenvalue weighted by Crippen LogP contribution is 2.38. The predicted molar refractivity (Wildman–Crippen MR) is 114 cm³/mol. The summed E-state index contributed by atoms with van der Waals surface area (Å²) in [7, 11) is 0. The maximum atomic E-state index is 12.8. The Morgan fingerprint density at radius 1 is 1.30 bits per heavy atom. The molecule has 1 heterocycles. The lowest BCUT2D eigenvalue weighted by molar-refractivity contribution is -0.139.